The first-order valence-corrected chi connectivity index (χ1v) is 7.11. The van der Waals surface area contributed by atoms with Crippen molar-refractivity contribution in [3.05, 3.63) is 30.1 Å². The lowest BCUT2D eigenvalue weighted by Crippen LogP contribution is -2.52. The Morgan fingerprint density at radius 2 is 1.67 bits per heavy atom. The third-order valence-corrected chi connectivity index (χ3v) is 4.30. The summed E-state index contributed by atoms with van der Waals surface area (Å²) < 4.78 is 12.9. The number of hydrogen-bond donors (Lipinski definition) is 0. The van der Waals surface area contributed by atoms with Crippen LogP contribution in [0.3, 0.4) is 0 Å². The van der Waals surface area contributed by atoms with Crippen molar-refractivity contribution in [3.8, 4) is 0 Å². The zero-order valence-electron chi connectivity index (χ0n) is 12.0. The number of imide groups is 1. The standard InChI is InChI=1S/C15H18FN3O2/c1-17-14(20)10-13(15(17)21)19-8-6-18(7-9-19)12-4-2-11(16)3-5-12/h2-5,13H,6-10H2,1H3. The summed E-state index contributed by atoms with van der Waals surface area (Å²) in [6, 6.07) is 6.13. The molecule has 2 aliphatic heterocycles. The molecule has 0 saturated carbocycles. The lowest BCUT2D eigenvalue weighted by molar-refractivity contribution is -0.138. The van der Waals surface area contributed by atoms with E-state index in [-0.39, 0.29) is 30.1 Å². The number of hydrogen-bond acceptors (Lipinski definition) is 4. The summed E-state index contributed by atoms with van der Waals surface area (Å²) in [5.41, 5.74) is 0.988. The molecule has 1 atom stereocenters. The lowest BCUT2D eigenvalue weighted by Gasteiger charge is -2.38. The van der Waals surface area contributed by atoms with Gasteiger partial charge in [-0.1, -0.05) is 0 Å². The van der Waals surface area contributed by atoms with E-state index in [1.54, 1.807) is 19.2 Å². The van der Waals surface area contributed by atoms with Crippen LogP contribution in [0.5, 0.6) is 0 Å². The molecule has 0 aliphatic carbocycles. The fourth-order valence-electron chi connectivity index (χ4n) is 2.97. The van der Waals surface area contributed by atoms with Gasteiger partial charge in [0.2, 0.25) is 11.8 Å². The smallest absolute Gasteiger partial charge is 0.246 e. The Balaban J connectivity index is 1.62. The number of halogens is 1. The fraction of sp³-hybridized carbons (Fsp3) is 0.467. The molecule has 3 rings (SSSR count). The van der Waals surface area contributed by atoms with E-state index >= 15 is 0 Å². The highest BCUT2D eigenvalue weighted by Crippen LogP contribution is 2.21. The van der Waals surface area contributed by atoms with E-state index in [1.807, 2.05) is 0 Å². The first kappa shape index (κ1) is 14.0. The largest absolute Gasteiger partial charge is 0.369 e. The molecule has 5 nitrogen and oxygen atoms in total. The zero-order chi connectivity index (χ0) is 15.0. The molecule has 1 unspecified atom stereocenters. The van der Waals surface area contributed by atoms with Gasteiger partial charge in [-0.05, 0) is 24.3 Å². The van der Waals surface area contributed by atoms with Crippen molar-refractivity contribution < 1.29 is 14.0 Å². The van der Waals surface area contributed by atoms with Crippen molar-refractivity contribution in [1.82, 2.24) is 9.80 Å². The van der Waals surface area contributed by atoms with Crippen LogP contribution < -0.4 is 4.90 Å². The van der Waals surface area contributed by atoms with Gasteiger partial charge in [-0.15, -0.1) is 0 Å². The Labute approximate surface area is 122 Å². The number of piperazine rings is 1. The second kappa shape index (κ2) is 5.44. The summed E-state index contributed by atoms with van der Waals surface area (Å²) in [6.07, 6.45) is 0.284. The minimum Gasteiger partial charge on any atom is -0.369 e. The number of carbonyl (C=O) groups excluding carboxylic acids is 2. The Kier molecular flexibility index (Phi) is 3.63. The molecule has 1 aromatic carbocycles. The Bertz CT molecular complexity index is 553. The van der Waals surface area contributed by atoms with Crippen molar-refractivity contribution in [1.29, 1.82) is 0 Å². The molecule has 2 heterocycles. The number of benzene rings is 1. The summed E-state index contributed by atoms with van der Waals surface area (Å²) in [6.45, 7) is 3.00. The summed E-state index contributed by atoms with van der Waals surface area (Å²) in [4.78, 5) is 29.1. The SMILES string of the molecule is CN1C(=O)CC(N2CCN(c3ccc(F)cc3)CC2)C1=O. The van der Waals surface area contributed by atoms with E-state index in [4.69, 9.17) is 0 Å². The normalized spacial score (nSPS) is 24.0. The molecule has 0 bridgehead atoms. The summed E-state index contributed by atoms with van der Waals surface area (Å²) in [7, 11) is 1.54. The Morgan fingerprint density at radius 3 is 2.19 bits per heavy atom. The topological polar surface area (TPSA) is 43.9 Å². The van der Waals surface area contributed by atoms with E-state index in [9.17, 15) is 14.0 Å². The van der Waals surface area contributed by atoms with Gasteiger partial charge in [-0.25, -0.2) is 4.39 Å². The van der Waals surface area contributed by atoms with Crippen molar-refractivity contribution in [2.45, 2.75) is 12.5 Å². The predicted octanol–water partition coefficient (Wildman–Crippen LogP) is 0.705. The van der Waals surface area contributed by atoms with E-state index in [1.165, 1.54) is 17.0 Å². The van der Waals surface area contributed by atoms with E-state index in [0.717, 1.165) is 31.9 Å². The Morgan fingerprint density at radius 1 is 1.05 bits per heavy atom. The average Bonchev–Trinajstić information content (AvgIpc) is 2.76. The molecule has 0 aromatic heterocycles. The van der Waals surface area contributed by atoms with Crippen molar-refractivity contribution in [2.75, 3.05) is 38.1 Å². The zero-order valence-corrected chi connectivity index (χ0v) is 12.0. The average molecular weight is 291 g/mol. The predicted molar refractivity (Wildman–Crippen MR) is 76.4 cm³/mol. The molecule has 2 amide bonds. The molecular formula is C15H18FN3O2. The van der Waals surface area contributed by atoms with Crippen molar-refractivity contribution in [3.63, 3.8) is 0 Å². The highest BCUT2D eigenvalue weighted by molar-refractivity contribution is 6.05. The van der Waals surface area contributed by atoms with Gasteiger partial charge in [0.25, 0.3) is 0 Å². The van der Waals surface area contributed by atoms with Gasteiger partial charge in [-0.3, -0.25) is 19.4 Å². The van der Waals surface area contributed by atoms with Crippen LogP contribution in [0.1, 0.15) is 6.42 Å². The quantitative estimate of drug-likeness (QED) is 0.753. The molecule has 21 heavy (non-hydrogen) atoms. The first-order valence-electron chi connectivity index (χ1n) is 7.11. The maximum atomic E-state index is 12.9. The van der Waals surface area contributed by atoms with Crippen LogP contribution in [0, 0.1) is 5.82 Å². The summed E-state index contributed by atoms with van der Waals surface area (Å²) >= 11 is 0. The van der Waals surface area contributed by atoms with E-state index in [2.05, 4.69) is 9.80 Å². The first-order chi connectivity index (χ1) is 10.1. The van der Waals surface area contributed by atoms with Gasteiger partial charge in [-0.2, -0.15) is 0 Å². The number of likely N-dealkylation sites (N-methyl/N-ethyl adjacent to an activating group) is 1. The van der Waals surface area contributed by atoms with Crippen LogP contribution in [0.4, 0.5) is 10.1 Å². The highest BCUT2D eigenvalue weighted by Gasteiger charge is 2.40. The maximum Gasteiger partial charge on any atom is 0.246 e. The number of amides is 2. The molecule has 0 spiro atoms. The number of nitrogens with zero attached hydrogens (tertiary/aromatic N) is 3. The van der Waals surface area contributed by atoms with Crippen LogP contribution in [0.25, 0.3) is 0 Å². The van der Waals surface area contributed by atoms with E-state index < -0.39 is 0 Å². The third-order valence-electron chi connectivity index (χ3n) is 4.30. The van der Waals surface area contributed by atoms with Gasteiger partial charge >= 0.3 is 0 Å². The minimum atomic E-state index is -0.308. The molecule has 2 saturated heterocycles. The second-order valence-corrected chi connectivity index (χ2v) is 5.51. The molecule has 6 heteroatoms. The van der Waals surface area contributed by atoms with Crippen LogP contribution in [0.2, 0.25) is 0 Å². The number of carbonyl (C=O) groups is 2. The Hall–Kier alpha value is -1.95. The van der Waals surface area contributed by atoms with Crippen molar-refractivity contribution >= 4 is 17.5 Å². The summed E-state index contributed by atoms with van der Waals surface area (Å²) in [5.74, 6) is -0.448. The number of rotatable bonds is 2. The van der Waals surface area contributed by atoms with Gasteiger partial charge in [0.05, 0.1) is 12.5 Å². The van der Waals surface area contributed by atoms with Gasteiger partial charge in [0.1, 0.15) is 5.82 Å². The second-order valence-electron chi connectivity index (χ2n) is 5.51. The molecule has 0 N–H and O–H groups in total. The molecule has 0 radical (unpaired) electrons. The van der Waals surface area contributed by atoms with Crippen LogP contribution in [-0.2, 0) is 9.59 Å². The van der Waals surface area contributed by atoms with Crippen LogP contribution in [0.15, 0.2) is 24.3 Å². The number of anilines is 1. The van der Waals surface area contributed by atoms with Gasteiger partial charge in [0.15, 0.2) is 0 Å². The van der Waals surface area contributed by atoms with Crippen molar-refractivity contribution in [2.24, 2.45) is 0 Å². The van der Waals surface area contributed by atoms with Crippen LogP contribution >= 0.6 is 0 Å². The van der Waals surface area contributed by atoms with Crippen LogP contribution in [-0.4, -0.2) is 60.9 Å². The molecule has 1 aromatic rings. The lowest BCUT2D eigenvalue weighted by atomic mass is 10.1. The number of likely N-dealkylation sites (tertiary alicyclic amines) is 1. The summed E-state index contributed by atoms with van der Waals surface area (Å²) in [5, 5.41) is 0. The van der Waals surface area contributed by atoms with Gasteiger partial charge < -0.3 is 4.90 Å². The third kappa shape index (κ3) is 2.63. The molecule has 112 valence electrons. The molecule has 2 aliphatic rings. The maximum absolute atomic E-state index is 12.9. The minimum absolute atomic E-state index is 0.102. The molecule has 2 fully saturated rings. The molecular weight excluding hydrogens is 273 g/mol. The monoisotopic (exact) mass is 291 g/mol. The highest BCUT2D eigenvalue weighted by atomic mass is 19.1. The van der Waals surface area contributed by atoms with Gasteiger partial charge in [0, 0.05) is 38.9 Å². The van der Waals surface area contributed by atoms with E-state index in [0.29, 0.717) is 0 Å². The fourth-order valence-corrected chi connectivity index (χ4v) is 2.97.